The molecular weight excluding hydrogens is 230 g/mol. The fourth-order valence-corrected chi connectivity index (χ4v) is 2.57. The molecule has 0 radical (unpaired) electrons. The number of rotatable bonds is 4. The number of nitrogens with two attached hydrogens (primary N) is 1. The summed E-state index contributed by atoms with van der Waals surface area (Å²) in [6, 6.07) is 2.15. The van der Waals surface area contributed by atoms with Gasteiger partial charge in [0.2, 0.25) is 0 Å². The molecule has 0 aliphatic heterocycles. The van der Waals surface area contributed by atoms with Gasteiger partial charge in [0.25, 0.3) is 5.91 Å². The van der Waals surface area contributed by atoms with Gasteiger partial charge in [0.1, 0.15) is 5.69 Å². The Morgan fingerprint density at radius 1 is 1.56 bits per heavy atom. The van der Waals surface area contributed by atoms with Gasteiger partial charge in [0.05, 0.1) is 17.8 Å². The van der Waals surface area contributed by atoms with Crippen LogP contribution in [0.4, 0.5) is 5.69 Å². The summed E-state index contributed by atoms with van der Waals surface area (Å²) < 4.78 is 1.97. The van der Waals surface area contributed by atoms with Crippen LogP contribution < -0.4 is 11.1 Å². The number of anilines is 1. The minimum Gasteiger partial charge on any atom is -0.397 e. The first-order chi connectivity index (χ1) is 8.63. The number of hydrogen-bond donors (Lipinski definition) is 3. The molecule has 1 heterocycles. The summed E-state index contributed by atoms with van der Waals surface area (Å²) in [6.45, 7) is 0.0123. The Morgan fingerprint density at radius 2 is 2.28 bits per heavy atom. The van der Waals surface area contributed by atoms with Gasteiger partial charge >= 0.3 is 0 Å². The number of aromatic nitrogens is 1. The van der Waals surface area contributed by atoms with Crippen LogP contribution in [0, 0.1) is 0 Å². The number of carbonyl (C=O) groups is 1. The molecule has 98 valence electrons. The SMILES string of the molecule is Nc1cc(C(=O)NC2(CO)CCC2)n(C2CC2)c1. The van der Waals surface area contributed by atoms with Crippen molar-refractivity contribution in [2.75, 3.05) is 12.3 Å². The van der Waals surface area contributed by atoms with Crippen molar-refractivity contribution >= 4 is 11.6 Å². The van der Waals surface area contributed by atoms with E-state index in [1.165, 1.54) is 0 Å². The van der Waals surface area contributed by atoms with E-state index in [4.69, 9.17) is 5.73 Å². The van der Waals surface area contributed by atoms with Gasteiger partial charge in [0.15, 0.2) is 0 Å². The largest absolute Gasteiger partial charge is 0.397 e. The zero-order valence-corrected chi connectivity index (χ0v) is 10.4. The lowest BCUT2D eigenvalue weighted by atomic mass is 9.77. The van der Waals surface area contributed by atoms with Gasteiger partial charge in [-0.3, -0.25) is 4.79 Å². The van der Waals surface area contributed by atoms with Crippen molar-refractivity contribution in [1.29, 1.82) is 0 Å². The van der Waals surface area contributed by atoms with Crippen LogP contribution in [-0.2, 0) is 0 Å². The van der Waals surface area contributed by atoms with Crippen molar-refractivity contribution in [2.45, 2.75) is 43.7 Å². The monoisotopic (exact) mass is 249 g/mol. The number of aliphatic hydroxyl groups is 1. The highest BCUT2D eigenvalue weighted by Crippen LogP contribution is 2.37. The third-order valence-electron chi connectivity index (χ3n) is 4.03. The van der Waals surface area contributed by atoms with Gasteiger partial charge in [0, 0.05) is 12.2 Å². The summed E-state index contributed by atoms with van der Waals surface area (Å²) in [5, 5.41) is 12.3. The van der Waals surface area contributed by atoms with Crippen molar-refractivity contribution in [3.63, 3.8) is 0 Å². The van der Waals surface area contributed by atoms with E-state index in [1.54, 1.807) is 6.07 Å². The Bertz CT molecular complexity index is 467. The van der Waals surface area contributed by atoms with Gasteiger partial charge in [-0.05, 0) is 38.2 Å². The molecule has 0 unspecified atom stereocenters. The second-order valence-electron chi connectivity index (χ2n) is 5.54. The third-order valence-corrected chi connectivity index (χ3v) is 4.03. The molecule has 5 heteroatoms. The van der Waals surface area contributed by atoms with Crippen LogP contribution in [-0.4, -0.2) is 27.7 Å². The molecule has 0 saturated heterocycles. The van der Waals surface area contributed by atoms with Crippen LogP contribution in [0.5, 0.6) is 0 Å². The van der Waals surface area contributed by atoms with Gasteiger partial charge in [-0.2, -0.15) is 0 Å². The average molecular weight is 249 g/mol. The van der Waals surface area contributed by atoms with Crippen molar-refractivity contribution in [3.8, 4) is 0 Å². The molecular formula is C13H19N3O2. The number of carbonyl (C=O) groups excluding carboxylic acids is 1. The fourth-order valence-electron chi connectivity index (χ4n) is 2.57. The average Bonchev–Trinajstić information content (AvgIpc) is 3.07. The first kappa shape index (κ1) is 11.6. The molecule has 2 saturated carbocycles. The van der Waals surface area contributed by atoms with Crippen LogP contribution in [0.2, 0.25) is 0 Å². The van der Waals surface area contributed by atoms with E-state index in [0.717, 1.165) is 32.1 Å². The standard InChI is InChI=1S/C13H19N3O2/c14-9-6-11(16(7-9)10-2-3-10)12(18)15-13(8-17)4-1-5-13/h6-7,10,17H,1-5,8,14H2,(H,15,18). The Kier molecular flexibility index (Phi) is 2.59. The molecule has 2 aliphatic rings. The lowest BCUT2D eigenvalue weighted by Gasteiger charge is -2.40. The second-order valence-corrected chi connectivity index (χ2v) is 5.54. The molecule has 4 N–H and O–H groups in total. The number of nitrogen functional groups attached to an aromatic ring is 1. The summed E-state index contributed by atoms with van der Waals surface area (Å²) in [4.78, 5) is 12.3. The van der Waals surface area contributed by atoms with Crippen molar-refractivity contribution in [3.05, 3.63) is 18.0 Å². The van der Waals surface area contributed by atoms with Crippen molar-refractivity contribution in [2.24, 2.45) is 0 Å². The third kappa shape index (κ3) is 1.88. The molecule has 2 aliphatic carbocycles. The maximum atomic E-state index is 12.3. The van der Waals surface area contributed by atoms with Gasteiger partial charge in [-0.1, -0.05) is 0 Å². The summed E-state index contributed by atoms with van der Waals surface area (Å²) in [7, 11) is 0. The fraction of sp³-hybridized carbons (Fsp3) is 0.615. The Hall–Kier alpha value is -1.49. The smallest absolute Gasteiger partial charge is 0.268 e. The Balaban J connectivity index is 1.79. The maximum absolute atomic E-state index is 12.3. The van der Waals surface area contributed by atoms with Gasteiger partial charge < -0.3 is 20.7 Å². The number of aliphatic hydroxyl groups excluding tert-OH is 1. The van der Waals surface area contributed by atoms with Crippen LogP contribution in [0.25, 0.3) is 0 Å². The highest BCUT2D eigenvalue weighted by atomic mass is 16.3. The Labute approximate surface area is 106 Å². The molecule has 0 aromatic carbocycles. The van der Waals surface area contributed by atoms with E-state index in [1.807, 2.05) is 10.8 Å². The van der Waals surface area contributed by atoms with Crippen LogP contribution >= 0.6 is 0 Å². The summed E-state index contributed by atoms with van der Waals surface area (Å²) in [6.07, 6.45) is 6.83. The van der Waals surface area contributed by atoms with Gasteiger partial charge in [-0.15, -0.1) is 0 Å². The topological polar surface area (TPSA) is 80.3 Å². The summed E-state index contributed by atoms with van der Waals surface area (Å²) in [5.74, 6) is -0.118. The number of amides is 1. The quantitative estimate of drug-likeness (QED) is 0.746. The second kappa shape index (κ2) is 4.02. The van der Waals surface area contributed by atoms with E-state index in [-0.39, 0.29) is 12.5 Å². The molecule has 2 fully saturated rings. The van der Waals surface area contributed by atoms with E-state index in [2.05, 4.69) is 5.32 Å². The zero-order valence-electron chi connectivity index (χ0n) is 10.4. The van der Waals surface area contributed by atoms with E-state index >= 15 is 0 Å². The molecule has 0 spiro atoms. The first-order valence-electron chi connectivity index (χ1n) is 6.54. The van der Waals surface area contributed by atoms with E-state index in [9.17, 15) is 9.90 Å². The molecule has 1 aromatic heterocycles. The highest BCUT2D eigenvalue weighted by molar-refractivity contribution is 5.94. The minimum atomic E-state index is -0.398. The predicted octanol–water partition coefficient (Wildman–Crippen LogP) is 1.05. The maximum Gasteiger partial charge on any atom is 0.268 e. The molecule has 5 nitrogen and oxygen atoms in total. The van der Waals surface area contributed by atoms with Crippen molar-refractivity contribution in [1.82, 2.24) is 9.88 Å². The number of hydrogen-bond acceptors (Lipinski definition) is 3. The number of nitrogens with one attached hydrogen (secondary N) is 1. The number of nitrogens with zero attached hydrogens (tertiary/aromatic N) is 1. The molecule has 3 rings (SSSR count). The molecule has 1 amide bonds. The summed E-state index contributed by atoms with van der Waals surface area (Å²) in [5.41, 5.74) is 6.62. The zero-order chi connectivity index (χ0) is 12.8. The van der Waals surface area contributed by atoms with Gasteiger partial charge in [-0.25, -0.2) is 0 Å². The van der Waals surface area contributed by atoms with E-state index in [0.29, 0.717) is 17.4 Å². The van der Waals surface area contributed by atoms with E-state index < -0.39 is 5.54 Å². The molecule has 0 bridgehead atoms. The lowest BCUT2D eigenvalue weighted by Crippen LogP contribution is -2.56. The normalized spacial score (nSPS) is 21.4. The molecule has 1 aromatic rings. The predicted molar refractivity (Wildman–Crippen MR) is 68.2 cm³/mol. The highest BCUT2D eigenvalue weighted by Gasteiger charge is 2.39. The molecule has 0 atom stereocenters. The molecule has 18 heavy (non-hydrogen) atoms. The Morgan fingerprint density at radius 3 is 2.78 bits per heavy atom. The lowest BCUT2D eigenvalue weighted by molar-refractivity contribution is 0.0634. The van der Waals surface area contributed by atoms with Crippen molar-refractivity contribution < 1.29 is 9.90 Å². The summed E-state index contributed by atoms with van der Waals surface area (Å²) >= 11 is 0. The van der Waals surface area contributed by atoms with Crippen LogP contribution in [0.3, 0.4) is 0 Å². The van der Waals surface area contributed by atoms with Crippen LogP contribution in [0.1, 0.15) is 48.6 Å². The minimum absolute atomic E-state index is 0.0123. The first-order valence-corrected chi connectivity index (χ1v) is 6.54. The van der Waals surface area contributed by atoms with Crippen LogP contribution in [0.15, 0.2) is 12.3 Å².